The molecule has 0 heterocycles. The van der Waals surface area contributed by atoms with Crippen molar-refractivity contribution in [2.75, 3.05) is 6.54 Å². The van der Waals surface area contributed by atoms with Crippen LogP contribution in [0.15, 0.2) is 35.2 Å². The van der Waals surface area contributed by atoms with Crippen molar-refractivity contribution in [1.82, 2.24) is 4.72 Å². The molecule has 114 valence electrons. The van der Waals surface area contributed by atoms with E-state index in [2.05, 4.69) is 4.72 Å². The molecule has 2 rings (SSSR count). The van der Waals surface area contributed by atoms with Gasteiger partial charge in [0.05, 0.1) is 10.5 Å². The first-order valence-electron chi connectivity index (χ1n) is 6.54. The standard InChI is InChI=1S/C14H17NO5S/c16-13(17)7-4-11-2-5-12(6-3-11)21(19,20)15-10-14(18)8-1-9-14/h2-7,15,18H,1,8-10H2,(H,16,17)/b7-4+. The number of benzene rings is 1. The highest BCUT2D eigenvalue weighted by atomic mass is 32.2. The van der Waals surface area contributed by atoms with Gasteiger partial charge in [-0.05, 0) is 43.0 Å². The largest absolute Gasteiger partial charge is 0.478 e. The summed E-state index contributed by atoms with van der Waals surface area (Å²) in [5, 5.41) is 18.4. The summed E-state index contributed by atoms with van der Waals surface area (Å²) in [6.45, 7) is 0.00992. The van der Waals surface area contributed by atoms with E-state index in [4.69, 9.17) is 5.11 Å². The molecule has 0 atom stereocenters. The SMILES string of the molecule is O=C(O)/C=C/c1ccc(S(=O)(=O)NCC2(O)CCC2)cc1. The van der Waals surface area contributed by atoms with Crippen molar-refractivity contribution in [1.29, 1.82) is 0 Å². The van der Waals surface area contributed by atoms with E-state index in [-0.39, 0.29) is 11.4 Å². The number of nitrogens with one attached hydrogen (secondary N) is 1. The molecule has 7 heteroatoms. The number of aliphatic hydroxyl groups is 1. The number of hydrogen-bond acceptors (Lipinski definition) is 4. The molecule has 3 N–H and O–H groups in total. The Balaban J connectivity index is 2.04. The summed E-state index contributed by atoms with van der Waals surface area (Å²) in [5.41, 5.74) is -0.328. The summed E-state index contributed by atoms with van der Waals surface area (Å²) in [7, 11) is -3.67. The average Bonchev–Trinajstić information content (AvgIpc) is 2.41. The Morgan fingerprint density at radius 1 is 1.29 bits per heavy atom. The van der Waals surface area contributed by atoms with Crippen molar-refractivity contribution in [2.45, 2.75) is 29.8 Å². The molecule has 1 saturated carbocycles. The third kappa shape index (κ3) is 4.13. The van der Waals surface area contributed by atoms with Crippen LogP contribution in [0.3, 0.4) is 0 Å². The molecule has 0 bridgehead atoms. The summed E-state index contributed by atoms with van der Waals surface area (Å²) < 4.78 is 26.5. The fourth-order valence-corrected chi connectivity index (χ4v) is 3.12. The van der Waals surface area contributed by atoms with Gasteiger partial charge in [-0.15, -0.1) is 0 Å². The second-order valence-corrected chi connectivity index (χ2v) is 6.91. The van der Waals surface area contributed by atoms with Crippen molar-refractivity contribution in [3.63, 3.8) is 0 Å². The second kappa shape index (κ2) is 5.97. The Morgan fingerprint density at radius 3 is 2.38 bits per heavy atom. The van der Waals surface area contributed by atoms with E-state index in [0.29, 0.717) is 18.4 Å². The first-order chi connectivity index (χ1) is 9.81. The molecule has 0 saturated heterocycles. The Hall–Kier alpha value is -1.70. The van der Waals surface area contributed by atoms with Gasteiger partial charge in [-0.25, -0.2) is 17.9 Å². The highest BCUT2D eigenvalue weighted by Gasteiger charge is 2.35. The van der Waals surface area contributed by atoms with Crippen molar-refractivity contribution >= 4 is 22.1 Å². The number of carbonyl (C=O) groups is 1. The Bertz CT molecular complexity index is 644. The molecule has 1 aromatic rings. The lowest BCUT2D eigenvalue weighted by Gasteiger charge is -2.36. The van der Waals surface area contributed by atoms with Crippen LogP contribution >= 0.6 is 0 Å². The molecule has 0 radical (unpaired) electrons. The number of carboxylic acid groups (broad SMARTS) is 1. The molecule has 1 aromatic carbocycles. The minimum Gasteiger partial charge on any atom is -0.478 e. The minimum absolute atomic E-state index is 0.00992. The van der Waals surface area contributed by atoms with Crippen molar-refractivity contribution < 1.29 is 23.4 Å². The summed E-state index contributed by atoms with van der Waals surface area (Å²) in [5.74, 6) is -1.07. The second-order valence-electron chi connectivity index (χ2n) is 5.14. The zero-order valence-corrected chi connectivity index (χ0v) is 12.1. The molecule has 0 amide bonds. The van der Waals surface area contributed by atoms with Gasteiger partial charge in [-0.2, -0.15) is 0 Å². The van der Waals surface area contributed by atoms with Crippen LogP contribution in [-0.4, -0.2) is 36.7 Å². The fraction of sp³-hybridized carbons (Fsp3) is 0.357. The van der Waals surface area contributed by atoms with E-state index < -0.39 is 21.6 Å². The number of carboxylic acids is 1. The average molecular weight is 311 g/mol. The number of hydrogen-bond donors (Lipinski definition) is 3. The highest BCUT2D eigenvalue weighted by molar-refractivity contribution is 7.89. The monoisotopic (exact) mass is 311 g/mol. The maximum atomic E-state index is 12.1. The molecular weight excluding hydrogens is 294 g/mol. The molecule has 0 aliphatic heterocycles. The lowest BCUT2D eigenvalue weighted by atomic mass is 9.81. The van der Waals surface area contributed by atoms with Gasteiger partial charge in [0.15, 0.2) is 0 Å². The van der Waals surface area contributed by atoms with Crippen LogP contribution < -0.4 is 4.72 Å². The van der Waals surface area contributed by atoms with Crippen molar-refractivity contribution in [2.24, 2.45) is 0 Å². The molecule has 1 fully saturated rings. The van der Waals surface area contributed by atoms with Crippen LogP contribution in [0.25, 0.3) is 6.08 Å². The molecule has 0 unspecified atom stereocenters. The third-order valence-corrected chi connectivity index (χ3v) is 4.90. The van der Waals surface area contributed by atoms with Gasteiger partial charge in [0.1, 0.15) is 0 Å². The van der Waals surface area contributed by atoms with E-state index >= 15 is 0 Å². The zero-order valence-electron chi connectivity index (χ0n) is 11.3. The van der Waals surface area contributed by atoms with Gasteiger partial charge in [0.25, 0.3) is 0 Å². The Labute approximate surface area is 123 Å². The van der Waals surface area contributed by atoms with Gasteiger partial charge in [0.2, 0.25) is 10.0 Å². The van der Waals surface area contributed by atoms with Gasteiger partial charge in [-0.1, -0.05) is 12.1 Å². The third-order valence-electron chi connectivity index (χ3n) is 3.48. The van der Waals surface area contributed by atoms with E-state index in [1.54, 1.807) is 0 Å². The lowest BCUT2D eigenvalue weighted by Crippen LogP contribution is -2.47. The predicted molar refractivity (Wildman–Crippen MR) is 77.1 cm³/mol. The molecule has 1 aliphatic rings. The number of aliphatic carboxylic acids is 1. The van der Waals surface area contributed by atoms with Crippen LogP contribution in [0.5, 0.6) is 0 Å². The van der Waals surface area contributed by atoms with Crippen LogP contribution in [0.2, 0.25) is 0 Å². The minimum atomic E-state index is -3.67. The summed E-state index contributed by atoms with van der Waals surface area (Å²) >= 11 is 0. The molecule has 1 aliphatic carbocycles. The van der Waals surface area contributed by atoms with Gasteiger partial charge >= 0.3 is 5.97 Å². The summed E-state index contributed by atoms with van der Waals surface area (Å²) in [6, 6.07) is 5.83. The van der Waals surface area contributed by atoms with E-state index in [0.717, 1.165) is 12.5 Å². The van der Waals surface area contributed by atoms with Gasteiger partial charge < -0.3 is 10.2 Å². The van der Waals surface area contributed by atoms with Gasteiger partial charge in [0, 0.05) is 12.6 Å². The number of rotatable bonds is 6. The smallest absolute Gasteiger partial charge is 0.328 e. The Kier molecular flexibility index (Phi) is 4.46. The molecule has 0 spiro atoms. The molecule has 21 heavy (non-hydrogen) atoms. The van der Waals surface area contributed by atoms with Crippen LogP contribution in [0.4, 0.5) is 0 Å². The maximum Gasteiger partial charge on any atom is 0.328 e. The van der Waals surface area contributed by atoms with Crippen molar-refractivity contribution in [3.8, 4) is 0 Å². The summed E-state index contributed by atoms with van der Waals surface area (Å²) in [4.78, 5) is 10.5. The van der Waals surface area contributed by atoms with Crippen LogP contribution in [-0.2, 0) is 14.8 Å². The van der Waals surface area contributed by atoms with E-state index in [1.807, 2.05) is 0 Å². The fourth-order valence-electron chi connectivity index (χ4n) is 2.00. The van der Waals surface area contributed by atoms with Crippen LogP contribution in [0.1, 0.15) is 24.8 Å². The first-order valence-corrected chi connectivity index (χ1v) is 8.02. The molecular formula is C14H17NO5S. The number of sulfonamides is 1. The molecule has 6 nitrogen and oxygen atoms in total. The quantitative estimate of drug-likeness (QED) is 0.679. The maximum absolute atomic E-state index is 12.1. The predicted octanol–water partition coefficient (Wildman–Crippen LogP) is 0.978. The lowest BCUT2D eigenvalue weighted by molar-refractivity contribution is -0.131. The highest BCUT2D eigenvalue weighted by Crippen LogP contribution is 2.31. The van der Waals surface area contributed by atoms with Gasteiger partial charge in [-0.3, -0.25) is 0 Å². The van der Waals surface area contributed by atoms with Crippen LogP contribution in [0, 0.1) is 0 Å². The topological polar surface area (TPSA) is 104 Å². The zero-order chi connectivity index (χ0) is 15.5. The normalized spacial score (nSPS) is 17.6. The molecule has 0 aromatic heterocycles. The summed E-state index contributed by atoms with van der Waals surface area (Å²) in [6.07, 6.45) is 4.48. The first kappa shape index (κ1) is 15.7. The van der Waals surface area contributed by atoms with E-state index in [1.165, 1.54) is 30.3 Å². The van der Waals surface area contributed by atoms with Crippen molar-refractivity contribution in [3.05, 3.63) is 35.9 Å². The van der Waals surface area contributed by atoms with E-state index in [9.17, 15) is 18.3 Å². The Morgan fingerprint density at radius 2 is 1.90 bits per heavy atom.